The molecule has 1 amide bonds. The Hall–Kier alpha value is -4.54. The summed E-state index contributed by atoms with van der Waals surface area (Å²) in [6, 6.07) is 6.93. The molecule has 0 aliphatic carbocycles. The number of carbonyl (C=O) groups excluding carboxylic acids is 1. The SMILES string of the molecule is C=NNc1c(-c2ccc(C)n3cc(C(=O)N(C)C)nc23)cnc(=NCc2c(F)ccc3c2CCO3)n1C. The number of aryl methyl sites for hydroxylation is 1. The highest BCUT2D eigenvalue weighted by atomic mass is 19.1. The lowest BCUT2D eigenvalue weighted by Crippen LogP contribution is -2.25. The third-order valence-corrected chi connectivity index (χ3v) is 6.44. The van der Waals surface area contributed by atoms with Crippen LogP contribution in [0.25, 0.3) is 16.8 Å². The maximum Gasteiger partial charge on any atom is 0.273 e. The predicted octanol–water partition coefficient (Wildman–Crippen LogP) is 2.95. The van der Waals surface area contributed by atoms with Crippen LogP contribution in [0.5, 0.6) is 5.75 Å². The zero-order valence-electron chi connectivity index (χ0n) is 21.1. The number of hydrazone groups is 1. The average molecular weight is 503 g/mol. The van der Waals surface area contributed by atoms with E-state index in [1.807, 2.05) is 23.5 Å². The lowest BCUT2D eigenvalue weighted by atomic mass is 10.0. The molecule has 37 heavy (non-hydrogen) atoms. The highest BCUT2D eigenvalue weighted by Gasteiger charge is 2.21. The van der Waals surface area contributed by atoms with E-state index in [1.165, 1.54) is 11.0 Å². The largest absolute Gasteiger partial charge is 0.493 e. The fourth-order valence-corrected chi connectivity index (χ4v) is 4.48. The highest BCUT2D eigenvalue weighted by molar-refractivity contribution is 5.94. The van der Waals surface area contributed by atoms with Crippen LogP contribution in [0.2, 0.25) is 0 Å². The number of fused-ring (bicyclic) bond motifs is 2. The standard InChI is InChI=1S/C26H27FN8O2/c1-15-6-7-17(23-31-21(14-35(15)23)25(36)33(3)4)19-13-30-26(34(5)24(19)32-28-2)29-12-18-16-10-11-37-22(16)9-8-20(18)27/h6-9,13-14,32H,2,10-12H2,1,3-5H3. The van der Waals surface area contributed by atoms with Crippen molar-refractivity contribution in [3.05, 3.63) is 70.6 Å². The Morgan fingerprint density at radius 2 is 2.08 bits per heavy atom. The molecule has 1 aliphatic heterocycles. The Labute approximate surface area is 212 Å². The number of nitrogens with one attached hydrogen (secondary N) is 1. The molecular weight excluding hydrogens is 475 g/mol. The van der Waals surface area contributed by atoms with Crippen molar-refractivity contribution in [2.24, 2.45) is 17.1 Å². The number of rotatable bonds is 6. The molecule has 4 heterocycles. The molecular formula is C26H27FN8O2. The van der Waals surface area contributed by atoms with E-state index in [0.29, 0.717) is 52.7 Å². The van der Waals surface area contributed by atoms with E-state index in [2.05, 4.69) is 32.2 Å². The summed E-state index contributed by atoms with van der Waals surface area (Å²) in [6.07, 6.45) is 4.03. The monoisotopic (exact) mass is 502 g/mol. The number of ether oxygens (including phenoxy) is 1. The number of benzene rings is 1. The third-order valence-electron chi connectivity index (χ3n) is 6.44. The lowest BCUT2D eigenvalue weighted by Gasteiger charge is -2.15. The van der Waals surface area contributed by atoms with Gasteiger partial charge in [-0.05, 0) is 31.2 Å². The summed E-state index contributed by atoms with van der Waals surface area (Å²) in [5.74, 6) is 0.763. The Morgan fingerprint density at radius 1 is 1.27 bits per heavy atom. The summed E-state index contributed by atoms with van der Waals surface area (Å²) in [6.45, 7) is 6.16. The van der Waals surface area contributed by atoms with Gasteiger partial charge >= 0.3 is 0 Å². The molecule has 1 aliphatic rings. The van der Waals surface area contributed by atoms with Gasteiger partial charge in [0.25, 0.3) is 5.91 Å². The van der Waals surface area contributed by atoms with Crippen molar-refractivity contribution in [2.45, 2.75) is 19.9 Å². The number of imidazole rings is 1. The second-order valence-corrected chi connectivity index (χ2v) is 8.97. The fraction of sp³-hybridized carbons (Fsp3) is 0.269. The van der Waals surface area contributed by atoms with Gasteiger partial charge in [-0.1, -0.05) is 0 Å². The Balaban J connectivity index is 1.62. The van der Waals surface area contributed by atoms with Gasteiger partial charge in [0.05, 0.1) is 13.2 Å². The molecule has 0 fully saturated rings. The molecule has 0 saturated heterocycles. The molecule has 0 spiro atoms. The van der Waals surface area contributed by atoms with Crippen LogP contribution in [-0.2, 0) is 20.0 Å². The third kappa shape index (κ3) is 4.22. The van der Waals surface area contributed by atoms with Crippen LogP contribution in [0.15, 0.2) is 46.8 Å². The van der Waals surface area contributed by atoms with E-state index in [0.717, 1.165) is 16.8 Å². The minimum Gasteiger partial charge on any atom is -0.493 e. The van der Waals surface area contributed by atoms with Crippen molar-refractivity contribution in [1.82, 2.24) is 23.8 Å². The van der Waals surface area contributed by atoms with E-state index in [9.17, 15) is 9.18 Å². The van der Waals surface area contributed by atoms with E-state index in [1.54, 1.807) is 44.2 Å². The van der Waals surface area contributed by atoms with Crippen molar-refractivity contribution in [3.8, 4) is 16.9 Å². The molecule has 0 atom stereocenters. The first-order valence-corrected chi connectivity index (χ1v) is 11.7. The normalized spacial score (nSPS) is 12.9. The van der Waals surface area contributed by atoms with Gasteiger partial charge in [0.1, 0.15) is 28.7 Å². The van der Waals surface area contributed by atoms with Gasteiger partial charge in [0.2, 0.25) is 5.62 Å². The number of pyridine rings is 1. The minimum atomic E-state index is -0.317. The lowest BCUT2D eigenvalue weighted by molar-refractivity contribution is 0.0822. The van der Waals surface area contributed by atoms with Gasteiger partial charge < -0.3 is 14.0 Å². The molecule has 1 aromatic carbocycles. The van der Waals surface area contributed by atoms with Gasteiger partial charge in [-0.15, -0.1) is 0 Å². The number of aromatic nitrogens is 4. The smallest absolute Gasteiger partial charge is 0.273 e. The fourth-order valence-electron chi connectivity index (χ4n) is 4.48. The zero-order valence-corrected chi connectivity index (χ0v) is 21.1. The average Bonchev–Trinajstić information content (AvgIpc) is 3.54. The van der Waals surface area contributed by atoms with Crippen molar-refractivity contribution in [1.29, 1.82) is 0 Å². The maximum absolute atomic E-state index is 14.6. The first-order chi connectivity index (χ1) is 17.8. The van der Waals surface area contributed by atoms with E-state index in [4.69, 9.17) is 4.74 Å². The van der Waals surface area contributed by atoms with Crippen LogP contribution < -0.4 is 15.8 Å². The van der Waals surface area contributed by atoms with Crippen LogP contribution in [0.1, 0.15) is 27.3 Å². The predicted molar refractivity (Wildman–Crippen MR) is 138 cm³/mol. The summed E-state index contributed by atoms with van der Waals surface area (Å²) in [5.41, 5.74) is 7.95. The van der Waals surface area contributed by atoms with Crippen LogP contribution in [-0.4, -0.2) is 57.2 Å². The summed E-state index contributed by atoms with van der Waals surface area (Å²) in [4.78, 5) is 27.9. The van der Waals surface area contributed by atoms with Crippen LogP contribution >= 0.6 is 0 Å². The first-order valence-electron chi connectivity index (χ1n) is 11.7. The summed E-state index contributed by atoms with van der Waals surface area (Å²) < 4.78 is 23.8. The number of anilines is 1. The molecule has 1 N–H and O–H groups in total. The number of carbonyl (C=O) groups is 1. The molecule has 190 valence electrons. The summed E-state index contributed by atoms with van der Waals surface area (Å²) in [7, 11) is 5.16. The molecule has 0 radical (unpaired) electrons. The second kappa shape index (κ2) is 9.49. The number of halogens is 1. The Bertz CT molecular complexity index is 1620. The van der Waals surface area contributed by atoms with E-state index >= 15 is 0 Å². The number of nitrogens with zero attached hydrogens (tertiary/aromatic N) is 7. The highest BCUT2D eigenvalue weighted by Crippen LogP contribution is 2.32. The van der Waals surface area contributed by atoms with Crippen molar-refractivity contribution < 1.29 is 13.9 Å². The second-order valence-electron chi connectivity index (χ2n) is 8.97. The summed E-state index contributed by atoms with van der Waals surface area (Å²) in [5, 5.41) is 3.87. The van der Waals surface area contributed by atoms with Gasteiger partial charge in [0, 0.05) is 74.6 Å². The molecule has 3 aromatic heterocycles. The topological polar surface area (TPSA) is 101 Å². The van der Waals surface area contributed by atoms with E-state index in [-0.39, 0.29) is 18.3 Å². The first kappa shape index (κ1) is 24.2. The van der Waals surface area contributed by atoms with Crippen molar-refractivity contribution in [3.63, 3.8) is 0 Å². The Kier molecular flexibility index (Phi) is 6.20. The quantitative estimate of drug-likeness (QED) is 0.323. The number of hydrogen-bond acceptors (Lipinski definition) is 7. The molecule has 10 nitrogen and oxygen atoms in total. The van der Waals surface area contributed by atoms with Crippen LogP contribution in [0.4, 0.5) is 10.2 Å². The molecule has 0 unspecified atom stereocenters. The maximum atomic E-state index is 14.6. The van der Waals surface area contributed by atoms with Gasteiger partial charge in [0.15, 0.2) is 0 Å². The Morgan fingerprint density at radius 3 is 2.84 bits per heavy atom. The van der Waals surface area contributed by atoms with Crippen LogP contribution in [0, 0.1) is 12.7 Å². The number of hydrogen-bond donors (Lipinski definition) is 1. The number of amides is 1. The summed E-state index contributed by atoms with van der Waals surface area (Å²) >= 11 is 0. The van der Waals surface area contributed by atoms with Crippen LogP contribution in [0.3, 0.4) is 0 Å². The molecule has 5 rings (SSSR count). The van der Waals surface area contributed by atoms with Crippen molar-refractivity contribution >= 4 is 24.1 Å². The van der Waals surface area contributed by atoms with Crippen molar-refractivity contribution in [2.75, 3.05) is 26.1 Å². The van der Waals surface area contributed by atoms with Gasteiger partial charge in [-0.3, -0.25) is 14.8 Å². The van der Waals surface area contributed by atoms with Gasteiger partial charge in [-0.25, -0.2) is 19.4 Å². The molecule has 4 aromatic rings. The molecule has 0 saturated carbocycles. The molecule has 11 heteroatoms. The molecule has 0 bridgehead atoms. The van der Waals surface area contributed by atoms with E-state index < -0.39 is 0 Å². The zero-order chi connectivity index (χ0) is 26.3. The minimum absolute atomic E-state index is 0.116. The van der Waals surface area contributed by atoms with Gasteiger partial charge in [-0.2, -0.15) is 5.10 Å².